The SMILES string of the molecule is N#Cc1cc2c(N3CCN(C(=O)O)C(C(N)=O)C3)ncnc2cc1Cl. The summed E-state index contributed by atoms with van der Waals surface area (Å²) in [6, 6.07) is 4.16. The predicted octanol–water partition coefficient (Wildman–Crippen LogP) is 0.809. The van der Waals surface area contributed by atoms with Crippen LogP contribution in [0.3, 0.4) is 0 Å². The Morgan fingerprint density at radius 3 is 2.76 bits per heavy atom. The van der Waals surface area contributed by atoms with E-state index in [0.717, 1.165) is 4.90 Å². The molecule has 0 radical (unpaired) electrons. The van der Waals surface area contributed by atoms with Crippen molar-refractivity contribution in [3.05, 3.63) is 29.0 Å². The van der Waals surface area contributed by atoms with Crippen LogP contribution in [-0.4, -0.2) is 57.7 Å². The van der Waals surface area contributed by atoms with Crippen molar-refractivity contribution in [3.8, 4) is 6.07 Å². The average molecular weight is 361 g/mol. The third-order valence-electron chi connectivity index (χ3n) is 4.08. The summed E-state index contributed by atoms with van der Waals surface area (Å²) in [6.45, 7) is 0.498. The largest absolute Gasteiger partial charge is 0.465 e. The van der Waals surface area contributed by atoms with Crippen LogP contribution in [0.1, 0.15) is 5.56 Å². The average Bonchev–Trinajstić information content (AvgIpc) is 2.59. The fraction of sp³-hybridized carbons (Fsp3) is 0.267. The van der Waals surface area contributed by atoms with Gasteiger partial charge in [0, 0.05) is 25.0 Å². The molecule has 1 aliphatic heterocycles. The quantitative estimate of drug-likeness (QED) is 0.808. The summed E-state index contributed by atoms with van der Waals surface area (Å²) in [6.07, 6.45) is 0.151. The monoisotopic (exact) mass is 360 g/mol. The van der Waals surface area contributed by atoms with E-state index < -0.39 is 18.0 Å². The van der Waals surface area contributed by atoms with Crippen molar-refractivity contribution in [3.63, 3.8) is 0 Å². The number of aromatic nitrogens is 2. The van der Waals surface area contributed by atoms with Crippen molar-refractivity contribution in [2.75, 3.05) is 24.5 Å². The Kier molecular flexibility index (Phi) is 4.29. The smallest absolute Gasteiger partial charge is 0.408 e. The van der Waals surface area contributed by atoms with E-state index in [1.807, 2.05) is 6.07 Å². The number of nitrogens with zero attached hydrogens (tertiary/aromatic N) is 5. The molecule has 1 atom stereocenters. The van der Waals surface area contributed by atoms with E-state index in [2.05, 4.69) is 9.97 Å². The number of primary amides is 1. The van der Waals surface area contributed by atoms with Crippen molar-refractivity contribution in [2.45, 2.75) is 6.04 Å². The number of halogens is 1. The van der Waals surface area contributed by atoms with Crippen molar-refractivity contribution < 1.29 is 14.7 Å². The lowest BCUT2D eigenvalue weighted by molar-refractivity contribution is -0.122. The van der Waals surface area contributed by atoms with Crippen LogP contribution in [0.25, 0.3) is 10.9 Å². The summed E-state index contributed by atoms with van der Waals surface area (Å²) >= 11 is 6.03. The highest BCUT2D eigenvalue weighted by Gasteiger charge is 2.35. The first-order valence-corrected chi connectivity index (χ1v) is 7.68. The van der Waals surface area contributed by atoms with Gasteiger partial charge < -0.3 is 15.7 Å². The summed E-state index contributed by atoms with van der Waals surface area (Å²) < 4.78 is 0. The van der Waals surface area contributed by atoms with E-state index in [1.165, 1.54) is 6.33 Å². The number of carbonyl (C=O) groups excluding carboxylic acids is 1. The zero-order valence-electron chi connectivity index (χ0n) is 12.9. The summed E-state index contributed by atoms with van der Waals surface area (Å²) in [4.78, 5) is 34.1. The van der Waals surface area contributed by atoms with E-state index in [4.69, 9.17) is 22.6 Å². The third kappa shape index (κ3) is 2.99. The zero-order chi connectivity index (χ0) is 18.1. The molecule has 0 bridgehead atoms. The second kappa shape index (κ2) is 6.41. The minimum atomic E-state index is -1.20. The Bertz CT molecular complexity index is 912. The summed E-state index contributed by atoms with van der Waals surface area (Å²) in [5.41, 5.74) is 6.18. The normalized spacial score (nSPS) is 17.4. The number of carboxylic acid groups (broad SMARTS) is 1. The van der Waals surface area contributed by atoms with Gasteiger partial charge in [0.05, 0.1) is 16.1 Å². The molecule has 2 amide bonds. The fourth-order valence-corrected chi connectivity index (χ4v) is 3.05. The van der Waals surface area contributed by atoms with Gasteiger partial charge >= 0.3 is 6.09 Å². The fourth-order valence-electron chi connectivity index (χ4n) is 2.85. The van der Waals surface area contributed by atoms with Crippen LogP contribution in [0.5, 0.6) is 0 Å². The first kappa shape index (κ1) is 16.7. The van der Waals surface area contributed by atoms with Crippen LogP contribution in [0.15, 0.2) is 18.5 Å². The molecule has 0 saturated carbocycles. The lowest BCUT2D eigenvalue weighted by Gasteiger charge is -2.39. The molecule has 25 heavy (non-hydrogen) atoms. The van der Waals surface area contributed by atoms with Crippen molar-refractivity contribution in [2.24, 2.45) is 5.73 Å². The van der Waals surface area contributed by atoms with Gasteiger partial charge in [0.15, 0.2) is 0 Å². The van der Waals surface area contributed by atoms with Crippen molar-refractivity contribution in [1.29, 1.82) is 5.26 Å². The van der Waals surface area contributed by atoms with Gasteiger partial charge in [-0.2, -0.15) is 5.26 Å². The Morgan fingerprint density at radius 1 is 1.36 bits per heavy atom. The Morgan fingerprint density at radius 2 is 2.12 bits per heavy atom. The van der Waals surface area contributed by atoms with Crippen LogP contribution < -0.4 is 10.6 Å². The van der Waals surface area contributed by atoms with Gasteiger partial charge in [0.1, 0.15) is 24.3 Å². The highest BCUT2D eigenvalue weighted by Crippen LogP contribution is 2.29. The second-order valence-electron chi connectivity index (χ2n) is 5.50. The molecule has 9 nitrogen and oxygen atoms in total. The van der Waals surface area contributed by atoms with Crippen LogP contribution in [0.4, 0.5) is 10.6 Å². The van der Waals surface area contributed by atoms with Gasteiger partial charge in [-0.1, -0.05) is 11.6 Å². The standard InChI is InChI=1S/C15H13ClN6O3/c16-10-4-11-9(3-8(10)5-17)14(20-7-19-11)21-1-2-22(15(24)25)12(6-21)13(18)23/h3-4,7,12H,1-2,6H2,(H2,18,23)(H,24,25). The molecule has 3 rings (SSSR count). The van der Waals surface area contributed by atoms with E-state index in [1.54, 1.807) is 17.0 Å². The van der Waals surface area contributed by atoms with Gasteiger partial charge in [-0.3, -0.25) is 9.69 Å². The molecule has 0 spiro atoms. The van der Waals surface area contributed by atoms with E-state index in [-0.39, 0.29) is 23.7 Å². The lowest BCUT2D eigenvalue weighted by Crippen LogP contribution is -2.59. The number of nitriles is 1. The van der Waals surface area contributed by atoms with Crippen LogP contribution in [-0.2, 0) is 4.79 Å². The number of hydrogen-bond acceptors (Lipinski definition) is 6. The maximum atomic E-state index is 11.7. The maximum absolute atomic E-state index is 11.7. The highest BCUT2D eigenvalue weighted by atomic mass is 35.5. The minimum absolute atomic E-state index is 0.0677. The summed E-state index contributed by atoms with van der Waals surface area (Å²) in [7, 11) is 0. The molecule has 3 N–H and O–H groups in total. The number of hydrogen-bond donors (Lipinski definition) is 2. The van der Waals surface area contributed by atoms with Crippen molar-refractivity contribution in [1.82, 2.24) is 14.9 Å². The molecule has 1 aromatic carbocycles. The number of benzene rings is 1. The molecule has 10 heteroatoms. The van der Waals surface area contributed by atoms with Crippen LogP contribution in [0.2, 0.25) is 5.02 Å². The molecule has 1 aliphatic rings. The number of anilines is 1. The number of piperazine rings is 1. The van der Waals surface area contributed by atoms with E-state index >= 15 is 0 Å². The topological polar surface area (TPSA) is 136 Å². The number of amides is 2. The van der Waals surface area contributed by atoms with E-state index in [9.17, 15) is 14.7 Å². The van der Waals surface area contributed by atoms with Crippen LogP contribution in [0, 0.1) is 11.3 Å². The third-order valence-corrected chi connectivity index (χ3v) is 4.39. The lowest BCUT2D eigenvalue weighted by atomic mass is 10.1. The number of fused-ring (bicyclic) bond motifs is 1. The highest BCUT2D eigenvalue weighted by molar-refractivity contribution is 6.32. The van der Waals surface area contributed by atoms with Gasteiger partial charge in [-0.25, -0.2) is 14.8 Å². The zero-order valence-corrected chi connectivity index (χ0v) is 13.6. The van der Waals surface area contributed by atoms with Crippen LogP contribution >= 0.6 is 11.6 Å². The predicted molar refractivity (Wildman–Crippen MR) is 89.2 cm³/mol. The molecule has 1 unspecified atom stereocenters. The van der Waals surface area contributed by atoms with E-state index in [0.29, 0.717) is 23.3 Å². The van der Waals surface area contributed by atoms with Crippen molar-refractivity contribution >= 4 is 40.3 Å². The first-order valence-electron chi connectivity index (χ1n) is 7.30. The minimum Gasteiger partial charge on any atom is -0.465 e. The molecule has 1 fully saturated rings. The Hall–Kier alpha value is -3.12. The molecular weight excluding hydrogens is 348 g/mol. The van der Waals surface area contributed by atoms with Gasteiger partial charge in [0.2, 0.25) is 5.91 Å². The number of rotatable bonds is 2. The molecule has 0 aliphatic carbocycles. The molecule has 1 aromatic heterocycles. The Balaban J connectivity index is 2.03. The molecule has 128 valence electrons. The van der Waals surface area contributed by atoms with Gasteiger partial charge in [-0.15, -0.1) is 0 Å². The second-order valence-corrected chi connectivity index (χ2v) is 5.91. The summed E-state index contributed by atoms with van der Waals surface area (Å²) in [5.74, 6) is -0.235. The number of carbonyl (C=O) groups is 2. The van der Waals surface area contributed by atoms with Gasteiger partial charge in [0.25, 0.3) is 0 Å². The van der Waals surface area contributed by atoms with Gasteiger partial charge in [-0.05, 0) is 12.1 Å². The molecule has 1 saturated heterocycles. The first-order chi connectivity index (χ1) is 11.9. The molecule has 2 aromatic rings. The maximum Gasteiger partial charge on any atom is 0.408 e. The number of nitrogens with two attached hydrogens (primary N) is 1. The molecular formula is C15H13ClN6O3. The molecule has 2 heterocycles. The Labute approximate surface area is 147 Å². The summed E-state index contributed by atoms with van der Waals surface area (Å²) in [5, 5.41) is 19.3.